The number of benzene rings is 1. The third-order valence-electron chi connectivity index (χ3n) is 3.93. The largest absolute Gasteiger partial charge is 0.328 e. The molecule has 0 atom stereocenters. The van der Waals surface area contributed by atoms with Crippen molar-refractivity contribution in [2.24, 2.45) is 5.73 Å². The average Bonchev–Trinajstić information content (AvgIpc) is 2.41. The molecule has 1 aliphatic carbocycles. The lowest BCUT2D eigenvalue weighted by atomic mass is 9.93. The third kappa shape index (κ3) is 3.81. The van der Waals surface area contributed by atoms with Crippen LogP contribution in [-0.4, -0.2) is 20.5 Å². The van der Waals surface area contributed by atoms with Crippen LogP contribution in [0.1, 0.15) is 51.0 Å². The summed E-state index contributed by atoms with van der Waals surface area (Å²) in [4.78, 5) is 0.360. The summed E-state index contributed by atoms with van der Waals surface area (Å²) in [5.41, 5.74) is 6.89. The topological polar surface area (TPSA) is 72.2 Å². The van der Waals surface area contributed by atoms with E-state index in [9.17, 15) is 8.42 Å². The molecule has 0 heterocycles. The van der Waals surface area contributed by atoms with Crippen LogP contribution in [-0.2, 0) is 10.0 Å². The molecule has 20 heavy (non-hydrogen) atoms. The molecule has 0 amide bonds. The zero-order chi connectivity index (χ0) is 14.8. The molecule has 1 saturated carbocycles. The Labute approximate surface area is 121 Å². The van der Waals surface area contributed by atoms with Gasteiger partial charge in [0.15, 0.2) is 0 Å². The molecule has 0 unspecified atom stereocenters. The van der Waals surface area contributed by atoms with Gasteiger partial charge in [-0.05, 0) is 49.3 Å². The first-order chi connectivity index (χ1) is 9.38. The quantitative estimate of drug-likeness (QED) is 0.896. The first-order valence-corrected chi connectivity index (χ1v) is 8.74. The highest BCUT2D eigenvalue weighted by Gasteiger charge is 2.24. The van der Waals surface area contributed by atoms with Crippen molar-refractivity contribution in [1.82, 2.24) is 4.72 Å². The minimum atomic E-state index is -3.42. The van der Waals surface area contributed by atoms with Crippen molar-refractivity contribution in [3.05, 3.63) is 29.8 Å². The molecule has 112 valence electrons. The molecule has 1 aromatic carbocycles. The van der Waals surface area contributed by atoms with Crippen LogP contribution in [0.4, 0.5) is 0 Å². The number of sulfonamides is 1. The van der Waals surface area contributed by atoms with E-state index in [0.29, 0.717) is 10.8 Å². The maximum atomic E-state index is 12.4. The molecule has 5 heteroatoms. The van der Waals surface area contributed by atoms with E-state index >= 15 is 0 Å². The molecule has 3 N–H and O–H groups in total. The molecule has 0 spiro atoms. The van der Waals surface area contributed by atoms with Crippen molar-refractivity contribution in [3.8, 4) is 0 Å². The number of nitrogens with one attached hydrogen (secondary N) is 1. The second-order valence-corrected chi connectivity index (χ2v) is 7.67. The highest BCUT2D eigenvalue weighted by molar-refractivity contribution is 7.89. The maximum Gasteiger partial charge on any atom is 0.240 e. The fraction of sp³-hybridized carbons (Fsp3) is 0.600. The van der Waals surface area contributed by atoms with Gasteiger partial charge in [0.25, 0.3) is 0 Å². The second kappa shape index (κ2) is 6.24. The number of hydrogen-bond donors (Lipinski definition) is 2. The first kappa shape index (κ1) is 15.5. The number of hydrogen-bond acceptors (Lipinski definition) is 3. The van der Waals surface area contributed by atoms with Crippen molar-refractivity contribution in [3.63, 3.8) is 0 Å². The van der Waals surface area contributed by atoms with Gasteiger partial charge in [0.2, 0.25) is 10.0 Å². The molecule has 1 aliphatic rings. The summed E-state index contributed by atoms with van der Waals surface area (Å²) in [5, 5.41) is 0. The van der Waals surface area contributed by atoms with Crippen molar-refractivity contribution < 1.29 is 8.42 Å². The van der Waals surface area contributed by atoms with E-state index in [2.05, 4.69) is 18.6 Å². The average molecular weight is 296 g/mol. The van der Waals surface area contributed by atoms with Crippen LogP contribution in [0.25, 0.3) is 0 Å². The Kier molecular flexibility index (Phi) is 4.83. The Hall–Kier alpha value is -0.910. The zero-order valence-corrected chi connectivity index (χ0v) is 13.0. The Bertz CT molecular complexity index is 547. The second-order valence-electron chi connectivity index (χ2n) is 5.96. The fourth-order valence-electron chi connectivity index (χ4n) is 2.57. The third-order valence-corrected chi connectivity index (χ3v) is 5.45. The Morgan fingerprint density at radius 3 is 2.45 bits per heavy atom. The zero-order valence-electron chi connectivity index (χ0n) is 12.2. The van der Waals surface area contributed by atoms with Gasteiger partial charge in [0, 0.05) is 12.1 Å². The van der Waals surface area contributed by atoms with Gasteiger partial charge in [-0.1, -0.05) is 26.0 Å². The lowest BCUT2D eigenvalue weighted by Crippen LogP contribution is -2.40. The fourth-order valence-corrected chi connectivity index (χ4v) is 3.92. The van der Waals surface area contributed by atoms with E-state index in [1.807, 2.05) is 6.07 Å². The van der Waals surface area contributed by atoms with E-state index in [-0.39, 0.29) is 12.1 Å². The molecule has 0 saturated heterocycles. The van der Waals surface area contributed by atoms with Crippen LogP contribution >= 0.6 is 0 Å². The maximum absolute atomic E-state index is 12.4. The van der Waals surface area contributed by atoms with Gasteiger partial charge in [-0.2, -0.15) is 0 Å². The summed E-state index contributed by atoms with van der Waals surface area (Å²) in [6.07, 6.45) is 3.42. The lowest BCUT2D eigenvalue weighted by molar-refractivity contribution is 0.373. The van der Waals surface area contributed by atoms with Crippen LogP contribution in [0.15, 0.2) is 29.2 Å². The van der Waals surface area contributed by atoms with Gasteiger partial charge in [0.05, 0.1) is 4.90 Å². The van der Waals surface area contributed by atoms with Crippen LogP contribution in [0.5, 0.6) is 0 Å². The van der Waals surface area contributed by atoms with E-state index in [4.69, 9.17) is 5.73 Å². The predicted octanol–water partition coefficient (Wildman–Crippen LogP) is 2.36. The van der Waals surface area contributed by atoms with Gasteiger partial charge in [-0.3, -0.25) is 0 Å². The van der Waals surface area contributed by atoms with E-state index in [1.165, 1.54) is 0 Å². The van der Waals surface area contributed by atoms with E-state index in [0.717, 1.165) is 31.2 Å². The van der Waals surface area contributed by atoms with Crippen molar-refractivity contribution in [2.45, 2.75) is 62.4 Å². The number of nitrogens with two attached hydrogens (primary N) is 1. The highest BCUT2D eigenvalue weighted by atomic mass is 32.2. The molecular formula is C15H24N2O2S. The smallest absolute Gasteiger partial charge is 0.240 e. The van der Waals surface area contributed by atoms with Crippen LogP contribution in [0, 0.1) is 0 Å². The van der Waals surface area contributed by atoms with E-state index < -0.39 is 10.0 Å². The molecule has 2 rings (SSSR count). The Morgan fingerprint density at radius 1 is 1.20 bits per heavy atom. The molecule has 4 nitrogen and oxygen atoms in total. The SMILES string of the molecule is CC(C)c1cccc(S(=O)(=O)NC2CCC(N)CC2)c1. The van der Waals surface area contributed by atoms with Crippen LogP contribution in [0.2, 0.25) is 0 Å². The molecule has 0 radical (unpaired) electrons. The molecule has 0 aromatic heterocycles. The molecule has 1 aromatic rings. The number of rotatable bonds is 4. The van der Waals surface area contributed by atoms with E-state index in [1.54, 1.807) is 18.2 Å². The van der Waals surface area contributed by atoms with Crippen molar-refractivity contribution >= 4 is 10.0 Å². The summed E-state index contributed by atoms with van der Waals surface area (Å²) in [7, 11) is -3.42. The Balaban J connectivity index is 2.12. The predicted molar refractivity (Wildman–Crippen MR) is 81.1 cm³/mol. The summed E-state index contributed by atoms with van der Waals surface area (Å²) in [6, 6.07) is 7.43. The molecule has 1 fully saturated rings. The minimum Gasteiger partial charge on any atom is -0.328 e. The minimum absolute atomic E-state index is 0.0162. The van der Waals surface area contributed by atoms with Crippen molar-refractivity contribution in [2.75, 3.05) is 0 Å². The summed E-state index contributed by atoms with van der Waals surface area (Å²) in [5.74, 6) is 0.317. The summed E-state index contributed by atoms with van der Waals surface area (Å²) >= 11 is 0. The normalized spacial score (nSPS) is 24.0. The van der Waals surface area contributed by atoms with Gasteiger partial charge < -0.3 is 5.73 Å². The van der Waals surface area contributed by atoms with Gasteiger partial charge in [-0.15, -0.1) is 0 Å². The summed E-state index contributed by atoms with van der Waals surface area (Å²) in [6.45, 7) is 4.11. The van der Waals surface area contributed by atoms with Crippen LogP contribution < -0.4 is 10.5 Å². The van der Waals surface area contributed by atoms with Gasteiger partial charge in [0.1, 0.15) is 0 Å². The Morgan fingerprint density at radius 2 is 1.85 bits per heavy atom. The monoisotopic (exact) mass is 296 g/mol. The standard InChI is InChI=1S/C15H24N2O2S/c1-11(2)12-4-3-5-15(10-12)20(18,19)17-14-8-6-13(16)7-9-14/h3-5,10-11,13-14,17H,6-9,16H2,1-2H3. The first-order valence-electron chi connectivity index (χ1n) is 7.26. The molecule has 0 aliphatic heterocycles. The van der Waals surface area contributed by atoms with Gasteiger partial charge >= 0.3 is 0 Å². The molecular weight excluding hydrogens is 272 g/mol. The van der Waals surface area contributed by atoms with Gasteiger partial charge in [-0.25, -0.2) is 13.1 Å². The summed E-state index contributed by atoms with van der Waals surface area (Å²) < 4.78 is 27.6. The highest BCUT2D eigenvalue weighted by Crippen LogP contribution is 2.22. The van der Waals surface area contributed by atoms with Crippen LogP contribution in [0.3, 0.4) is 0 Å². The van der Waals surface area contributed by atoms with Crippen molar-refractivity contribution in [1.29, 1.82) is 0 Å². The lowest BCUT2D eigenvalue weighted by Gasteiger charge is -2.26. The molecule has 0 bridgehead atoms.